The maximum atomic E-state index is 15.0. The summed E-state index contributed by atoms with van der Waals surface area (Å²) in [5.41, 5.74) is 1.58. The van der Waals surface area contributed by atoms with Crippen LogP contribution >= 0.6 is 0 Å². The largest absolute Gasteiger partial charge is 0.493 e. The van der Waals surface area contributed by atoms with Gasteiger partial charge in [0.2, 0.25) is 5.91 Å². The zero-order valence-electron chi connectivity index (χ0n) is 20.0. The number of pyridine rings is 2. The summed E-state index contributed by atoms with van der Waals surface area (Å²) < 4.78 is 27.0. The van der Waals surface area contributed by atoms with Gasteiger partial charge in [0, 0.05) is 35.1 Å². The van der Waals surface area contributed by atoms with Crippen LogP contribution in [0.1, 0.15) is 60.5 Å². The minimum atomic E-state index is -1.94. The molecule has 6 rings (SSSR count). The van der Waals surface area contributed by atoms with Crippen LogP contribution in [0.3, 0.4) is 0 Å². The Bertz CT molecular complexity index is 1580. The van der Waals surface area contributed by atoms with Gasteiger partial charge in [0.25, 0.3) is 5.56 Å². The molecular formula is C26H24FN3O6. The fourth-order valence-corrected chi connectivity index (χ4v) is 5.97. The number of cyclic esters (lactones) is 1. The average Bonchev–Trinajstić information content (AvgIpc) is 3.21. The van der Waals surface area contributed by atoms with Gasteiger partial charge in [-0.3, -0.25) is 9.59 Å². The predicted octanol–water partition coefficient (Wildman–Crippen LogP) is 2.35. The molecule has 3 aliphatic rings. The Hall–Kier alpha value is -3.79. The van der Waals surface area contributed by atoms with E-state index in [-0.39, 0.29) is 54.0 Å². The highest BCUT2D eigenvalue weighted by molar-refractivity contribution is 5.94. The van der Waals surface area contributed by atoms with Crippen molar-refractivity contribution < 1.29 is 28.6 Å². The molecule has 0 radical (unpaired) electrons. The number of hydrogen-bond donors (Lipinski definition) is 2. The first-order valence-electron chi connectivity index (χ1n) is 11.9. The first-order valence-corrected chi connectivity index (χ1v) is 11.9. The van der Waals surface area contributed by atoms with Crippen molar-refractivity contribution in [2.75, 3.05) is 7.11 Å². The molecule has 36 heavy (non-hydrogen) atoms. The number of aryl methyl sites for hydroxylation is 1. The number of carbonyl (C=O) groups is 2. The van der Waals surface area contributed by atoms with E-state index in [4.69, 9.17) is 14.5 Å². The predicted molar refractivity (Wildman–Crippen MR) is 126 cm³/mol. The molecule has 1 aromatic carbocycles. The van der Waals surface area contributed by atoms with Crippen molar-refractivity contribution in [1.29, 1.82) is 0 Å². The number of nitrogens with zero attached hydrogens (tertiary/aromatic N) is 2. The lowest BCUT2D eigenvalue weighted by atomic mass is 9.82. The molecule has 1 unspecified atom stereocenters. The Morgan fingerprint density at radius 2 is 2.11 bits per heavy atom. The molecule has 0 saturated heterocycles. The van der Waals surface area contributed by atoms with E-state index in [0.29, 0.717) is 40.7 Å². The summed E-state index contributed by atoms with van der Waals surface area (Å²) >= 11 is 0. The van der Waals surface area contributed by atoms with Gasteiger partial charge in [0.1, 0.15) is 6.61 Å². The van der Waals surface area contributed by atoms with Gasteiger partial charge in [-0.1, -0.05) is 6.92 Å². The van der Waals surface area contributed by atoms with Crippen LogP contribution in [-0.4, -0.2) is 33.6 Å². The summed E-state index contributed by atoms with van der Waals surface area (Å²) in [5.74, 6) is -1.40. The zero-order valence-corrected chi connectivity index (χ0v) is 20.0. The summed E-state index contributed by atoms with van der Waals surface area (Å²) in [6, 6.07) is 2.56. The molecule has 0 bridgehead atoms. The second-order valence-electron chi connectivity index (χ2n) is 9.51. The number of benzene rings is 1. The van der Waals surface area contributed by atoms with Crippen molar-refractivity contribution in [3.63, 3.8) is 0 Å². The number of hydrogen-bond acceptors (Lipinski definition) is 7. The van der Waals surface area contributed by atoms with Crippen LogP contribution in [0, 0.1) is 5.82 Å². The first-order chi connectivity index (χ1) is 17.2. The molecule has 1 amide bonds. The lowest BCUT2D eigenvalue weighted by Gasteiger charge is -2.31. The second kappa shape index (κ2) is 7.60. The van der Waals surface area contributed by atoms with Gasteiger partial charge >= 0.3 is 5.97 Å². The minimum Gasteiger partial charge on any atom is -0.493 e. The van der Waals surface area contributed by atoms with E-state index in [1.54, 1.807) is 13.0 Å². The third kappa shape index (κ3) is 2.84. The molecular weight excluding hydrogens is 469 g/mol. The van der Waals surface area contributed by atoms with Crippen LogP contribution in [0.4, 0.5) is 4.39 Å². The second-order valence-corrected chi connectivity index (χ2v) is 9.51. The Kier molecular flexibility index (Phi) is 4.79. The van der Waals surface area contributed by atoms with Gasteiger partial charge in [-0.2, -0.15) is 0 Å². The molecule has 9 nitrogen and oxygen atoms in total. The lowest BCUT2D eigenvalue weighted by Crippen LogP contribution is -2.44. The van der Waals surface area contributed by atoms with E-state index >= 15 is 0 Å². The number of aliphatic hydroxyl groups is 1. The van der Waals surface area contributed by atoms with Crippen molar-refractivity contribution in [3.05, 3.63) is 56.1 Å². The summed E-state index contributed by atoms with van der Waals surface area (Å²) in [6.45, 7) is 3.04. The van der Waals surface area contributed by atoms with Crippen molar-refractivity contribution in [2.24, 2.45) is 0 Å². The van der Waals surface area contributed by atoms with Gasteiger partial charge in [0.15, 0.2) is 17.2 Å². The number of fused-ring (bicyclic) bond motifs is 5. The van der Waals surface area contributed by atoms with Gasteiger partial charge in [0.05, 0.1) is 42.2 Å². The van der Waals surface area contributed by atoms with Crippen molar-refractivity contribution >= 4 is 22.8 Å². The number of halogens is 1. The minimum absolute atomic E-state index is 0.0317. The van der Waals surface area contributed by atoms with Crippen LogP contribution in [0.25, 0.3) is 22.3 Å². The van der Waals surface area contributed by atoms with Crippen LogP contribution in [0.5, 0.6) is 5.75 Å². The molecule has 186 valence electrons. The van der Waals surface area contributed by atoms with Crippen LogP contribution in [0.15, 0.2) is 16.9 Å². The Morgan fingerprint density at radius 1 is 1.33 bits per heavy atom. The standard InChI is InChI=1S/C26H24FN3O6/c1-4-26(34)15-7-19-22-13(9-30(19)24(32)14(15)10-36-25(26)33)21-17(28-11(2)31)6-5-12-20(21)18(29-22)8-16(27)23(12)35-3/h7-8,17,34H,4-6,9-10H2,1-3H3,(H,28,31)/t17?,26-/m0/s1. The topological polar surface area (TPSA) is 120 Å². The van der Waals surface area contributed by atoms with Crippen molar-refractivity contribution in [3.8, 4) is 17.1 Å². The van der Waals surface area contributed by atoms with Crippen molar-refractivity contribution in [2.45, 2.75) is 57.9 Å². The van der Waals surface area contributed by atoms with E-state index in [1.165, 1.54) is 24.7 Å². The number of aromatic nitrogens is 2. The Balaban J connectivity index is 1.68. The SMILES string of the molecule is CC[C@@]1(O)C(=O)OCc2c1cc1n(c2=O)Cc2c-1nc1cc(F)c(OC)c3c1c2C(NC(C)=O)CC3. The van der Waals surface area contributed by atoms with Crippen molar-refractivity contribution in [1.82, 2.24) is 14.9 Å². The normalized spacial score (nSPS) is 21.5. The molecule has 2 atom stereocenters. The molecule has 1 aliphatic carbocycles. The summed E-state index contributed by atoms with van der Waals surface area (Å²) in [6.07, 6.45) is 1.04. The number of nitrogens with one attached hydrogen (secondary N) is 1. The number of amides is 1. The average molecular weight is 493 g/mol. The lowest BCUT2D eigenvalue weighted by molar-refractivity contribution is -0.172. The molecule has 0 saturated carbocycles. The molecule has 0 fully saturated rings. The van der Waals surface area contributed by atoms with Crippen LogP contribution < -0.4 is 15.6 Å². The smallest absolute Gasteiger partial charge is 0.343 e. The van der Waals surface area contributed by atoms with Gasteiger partial charge in [-0.25, -0.2) is 14.2 Å². The monoisotopic (exact) mass is 493 g/mol. The molecule has 2 N–H and O–H groups in total. The van der Waals surface area contributed by atoms with Gasteiger partial charge in [-0.05, 0) is 30.9 Å². The number of methoxy groups -OCH3 is 1. The number of rotatable bonds is 3. The zero-order chi connectivity index (χ0) is 25.5. The molecule has 3 aromatic rings. The molecule has 0 spiro atoms. The van der Waals surface area contributed by atoms with E-state index in [2.05, 4.69) is 5.32 Å². The maximum Gasteiger partial charge on any atom is 0.343 e. The summed E-state index contributed by atoms with van der Waals surface area (Å²) in [5, 5.41) is 14.8. The molecule has 10 heteroatoms. The van der Waals surface area contributed by atoms with E-state index in [9.17, 15) is 23.9 Å². The first kappa shape index (κ1) is 22.7. The number of carbonyl (C=O) groups excluding carboxylic acids is 2. The van der Waals surface area contributed by atoms with E-state index in [1.807, 2.05) is 0 Å². The van der Waals surface area contributed by atoms with Crippen LogP contribution in [0.2, 0.25) is 0 Å². The third-order valence-corrected chi connectivity index (χ3v) is 7.64. The van der Waals surface area contributed by atoms with Gasteiger partial charge in [-0.15, -0.1) is 0 Å². The molecule has 2 aromatic heterocycles. The molecule has 2 aliphatic heterocycles. The van der Waals surface area contributed by atoms with Gasteiger partial charge < -0.3 is 24.5 Å². The Morgan fingerprint density at radius 3 is 2.81 bits per heavy atom. The fourth-order valence-electron chi connectivity index (χ4n) is 5.97. The maximum absolute atomic E-state index is 15.0. The highest BCUT2D eigenvalue weighted by Gasteiger charge is 2.46. The van der Waals surface area contributed by atoms with E-state index in [0.717, 1.165) is 11.1 Å². The highest BCUT2D eigenvalue weighted by Crippen LogP contribution is 2.47. The summed E-state index contributed by atoms with van der Waals surface area (Å²) in [7, 11) is 1.42. The fraction of sp³-hybridized carbons (Fsp3) is 0.385. The van der Waals surface area contributed by atoms with E-state index < -0.39 is 17.4 Å². The highest BCUT2D eigenvalue weighted by atomic mass is 19.1. The van der Waals surface area contributed by atoms with Crippen LogP contribution in [-0.2, 0) is 39.5 Å². The third-order valence-electron chi connectivity index (χ3n) is 7.64. The number of esters is 1. The number of ether oxygens (including phenoxy) is 2. The molecule has 4 heterocycles. The summed E-state index contributed by atoms with van der Waals surface area (Å²) in [4.78, 5) is 42.8. The Labute approximate surface area is 204 Å². The quantitative estimate of drug-likeness (QED) is 0.421.